The lowest BCUT2D eigenvalue weighted by molar-refractivity contribution is -0.384. The van der Waals surface area contributed by atoms with Gasteiger partial charge < -0.3 is 4.90 Å². The Kier molecular flexibility index (Phi) is 5.25. The van der Waals surface area contributed by atoms with Crippen molar-refractivity contribution in [2.75, 3.05) is 11.4 Å². The van der Waals surface area contributed by atoms with Crippen LogP contribution < -0.4 is 10.3 Å². The zero-order valence-corrected chi connectivity index (χ0v) is 14.7. The van der Waals surface area contributed by atoms with Gasteiger partial charge in [-0.25, -0.2) is 5.43 Å². The molecule has 0 aromatic heterocycles. The van der Waals surface area contributed by atoms with E-state index < -0.39 is 10.8 Å². The fraction of sp³-hybridized carbons (Fsp3) is 0.211. The molecule has 3 rings (SSSR count). The van der Waals surface area contributed by atoms with Crippen LogP contribution in [0, 0.1) is 10.1 Å². The van der Waals surface area contributed by atoms with Crippen molar-refractivity contribution in [3.05, 3.63) is 69.8 Å². The van der Waals surface area contributed by atoms with E-state index in [9.17, 15) is 19.7 Å². The second-order valence-corrected chi connectivity index (χ2v) is 6.14. The molecule has 138 valence electrons. The first kappa shape index (κ1) is 18.2. The summed E-state index contributed by atoms with van der Waals surface area (Å²) < 4.78 is 0. The first-order valence-electron chi connectivity index (χ1n) is 8.45. The van der Waals surface area contributed by atoms with Gasteiger partial charge in [-0.1, -0.05) is 18.2 Å². The van der Waals surface area contributed by atoms with Crippen LogP contribution in [0.15, 0.2) is 53.6 Å². The molecule has 1 fully saturated rings. The van der Waals surface area contributed by atoms with Gasteiger partial charge in [0.1, 0.15) is 0 Å². The normalized spacial score (nSPS) is 14.3. The standard InChI is InChI=1S/C19H18N4O4/c1-13(14-7-9-16(10-8-14)22-11-3-6-18(22)24)20-21-19(25)15-4-2-5-17(12-15)23(26)27/h2,4-5,7-10,12H,3,6,11H2,1H3,(H,21,25)/b20-13-. The Hall–Kier alpha value is -3.55. The van der Waals surface area contributed by atoms with Crippen molar-refractivity contribution in [2.24, 2.45) is 5.10 Å². The largest absolute Gasteiger partial charge is 0.312 e. The maximum absolute atomic E-state index is 12.1. The Morgan fingerprint density at radius 3 is 2.56 bits per heavy atom. The summed E-state index contributed by atoms with van der Waals surface area (Å²) in [6, 6.07) is 12.8. The SMILES string of the molecule is C/C(=N/NC(=O)c1cccc([N+](=O)[O-])c1)c1ccc(N2CCCC2=O)cc1. The maximum Gasteiger partial charge on any atom is 0.271 e. The number of amides is 2. The van der Waals surface area contributed by atoms with E-state index in [1.165, 1.54) is 24.3 Å². The Balaban J connectivity index is 1.68. The van der Waals surface area contributed by atoms with Gasteiger partial charge in [-0.05, 0) is 37.1 Å². The van der Waals surface area contributed by atoms with E-state index >= 15 is 0 Å². The van der Waals surface area contributed by atoms with Crippen LogP contribution in [0.5, 0.6) is 0 Å². The number of anilines is 1. The number of nitro benzene ring substituents is 1. The minimum Gasteiger partial charge on any atom is -0.312 e. The topological polar surface area (TPSA) is 105 Å². The lowest BCUT2D eigenvalue weighted by Gasteiger charge is -2.15. The molecule has 0 atom stereocenters. The van der Waals surface area contributed by atoms with E-state index in [0.717, 1.165) is 24.2 Å². The molecule has 2 aromatic carbocycles. The highest BCUT2D eigenvalue weighted by Crippen LogP contribution is 2.21. The summed E-state index contributed by atoms with van der Waals surface area (Å²) in [5, 5.41) is 14.8. The molecule has 0 bridgehead atoms. The molecule has 1 heterocycles. The summed E-state index contributed by atoms with van der Waals surface area (Å²) in [7, 11) is 0. The lowest BCUT2D eigenvalue weighted by atomic mass is 10.1. The third kappa shape index (κ3) is 4.17. The van der Waals surface area contributed by atoms with Gasteiger partial charge in [-0.15, -0.1) is 0 Å². The highest BCUT2D eigenvalue weighted by Gasteiger charge is 2.21. The number of hydrazone groups is 1. The number of hydrogen-bond acceptors (Lipinski definition) is 5. The van der Waals surface area contributed by atoms with Crippen molar-refractivity contribution in [1.82, 2.24) is 5.43 Å². The third-order valence-electron chi connectivity index (χ3n) is 4.31. The lowest BCUT2D eigenvalue weighted by Crippen LogP contribution is -2.23. The number of nitrogens with zero attached hydrogens (tertiary/aromatic N) is 3. The summed E-state index contributed by atoms with van der Waals surface area (Å²) >= 11 is 0. The number of nitro groups is 1. The van der Waals surface area contributed by atoms with Gasteiger partial charge >= 0.3 is 0 Å². The van der Waals surface area contributed by atoms with E-state index in [1.807, 2.05) is 24.3 Å². The number of hydrogen-bond donors (Lipinski definition) is 1. The average molecular weight is 366 g/mol. The first-order chi connectivity index (χ1) is 13.0. The van der Waals surface area contributed by atoms with Gasteiger partial charge in [0.2, 0.25) is 5.91 Å². The molecule has 1 N–H and O–H groups in total. The summed E-state index contributed by atoms with van der Waals surface area (Å²) in [5.41, 5.74) is 4.62. The molecular weight excluding hydrogens is 348 g/mol. The van der Waals surface area contributed by atoms with Crippen LogP contribution in [-0.4, -0.2) is 29.0 Å². The Morgan fingerprint density at radius 2 is 1.93 bits per heavy atom. The first-order valence-corrected chi connectivity index (χ1v) is 8.45. The summed E-state index contributed by atoms with van der Waals surface area (Å²) in [6.07, 6.45) is 1.44. The quantitative estimate of drug-likeness (QED) is 0.499. The average Bonchev–Trinajstić information content (AvgIpc) is 3.12. The van der Waals surface area contributed by atoms with Crippen molar-refractivity contribution in [3.63, 3.8) is 0 Å². The second-order valence-electron chi connectivity index (χ2n) is 6.14. The maximum atomic E-state index is 12.1. The second kappa shape index (κ2) is 7.77. The Labute approximate surface area is 155 Å². The highest BCUT2D eigenvalue weighted by molar-refractivity contribution is 6.02. The molecule has 2 aromatic rings. The Morgan fingerprint density at radius 1 is 1.19 bits per heavy atom. The van der Waals surface area contributed by atoms with Crippen molar-refractivity contribution < 1.29 is 14.5 Å². The van der Waals surface area contributed by atoms with Crippen LogP contribution >= 0.6 is 0 Å². The minimum atomic E-state index is -0.558. The molecule has 8 nitrogen and oxygen atoms in total. The van der Waals surface area contributed by atoms with Gasteiger partial charge in [0.05, 0.1) is 10.6 Å². The number of non-ortho nitro benzene ring substituents is 1. The predicted octanol–water partition coefficient (Wildman–Crippen LogP) is 2.88. The fourth-order valence-corrected chi connectivity index (χ4v) is 2.83. The predicted molar refractivity (Wildman–Crippen MR) is 101 cm³/mol. The molecular formula is C19H18N4O4. The zero-order chi connectivity index (χ0) is 19.4. The molecule has 0 radical (unpaired) electrons. The van der Waals surface area contributed by atoms with Crippen LogP contribution in [0.2, 0.25) is 0 Å². The molecule has 1 aliphatic rings. The van der Waals surface area contributed by atoms with E-state index in [2.05, 4.69) is 10.5 Å². The number of rotatable bonds is 5. The zero-order valence-electron chi connectivity index (χ0n) is 14.7. The molecule has 0 unspecified atom stereocenters. The summed E-state index contributed by atoms with van der Waals surface area (Å²) in [5.74, 6) is -0.408. The monoisotopic (exact) mass is 366 g/mol. The third-order valence-corrected chi connectivity index (χ3v) is 4.31. The van der Waals surface area contributed by atoms with Crippen LogP contribution in [-0.2, 0) is 4.79 Å². The van der Waals surface area contributed by atoms with Gasteiger partial charge in [-0.2, -0.15) is 5.10 Å². The van der Waals surface area contributed by atoms with Gasteiger partial charge in [0.25, 0.3) is 11.6 Å². The molecule has 0 saturated carbocycles. The smallest absolute Gasteiger partial charge is 0.271 e. The van der Waals surface area contributed by atoms with Crippen molar-refractivity contribution in [2.45, 2.75) is 19.8 Å². The van der Waals surface area contributed by atoms with Gasteiger partial charge in [-0.3, -0.25) is 19.7 Å². The molecule has 8 heteroatoms. The summed E-state index contributed by atoms with van der Waals surface area (Å²) in [4.78, 5) is 35.9. The minimum absolute atomic E-state index is 0.123. The summed E-state index contributed by atoms with van der Waals surface area (Å²) in [6.45, 7) is 2.47. The van der Waals surface area contributed by atoms with Crippen molar-refractivity contribution in [1.29, 1.82) is 0 Å². The molecule has 27 heavy (non-hydrogen) atoms. The number of nitrogens with one attached hydrogen (secondary N) is 1. The van der Waals surface area contributed by atoms with Gasteiger partial charge in [0.15, 0.2) is 0 Å². The molecule has 2 amide bonds. The van der Waals surface area contributed by atoms with E-state index in [1.54, 1.807) is 11.8 Å². The van der Waals surface area contributed by atoms with Crippen LogP contribution in [0.1, 0.15) is 35.7 Å². The van der Waals surface area contributed by atoms with E-state index in [4.69, 9.17) is 0 Å². The van der Waals surface area contributed by atoms with E-state index in [0.29, 0.717) is 12.1 Å². The number of carbonyl (C=O) groups is 2. The van der Waals surface area contributed by atoms with Crippen molar-refractivity contribution in [3.8, 4) is 0 Å². The Bertz CT molecular complexity index is 922. The fourth-order valence-electron chi connectivity index (χ4n) is 2.83. The van der Waals surface area contributed by atoms with Crippen LogP contribution in [0.4, 0.5) is 11.4 Å². The molecule has 1 saturated heterocycles. The molecule has 1 aliphatic heterocycles. The van der Waals surface area contributed by atoms with Crippen LogP contribution in [0.3, 0.4) is 0 Å². The van der Waals surface area contributed by atoms with Crippen molar-refractivity contribution >= 4 is 28.9 Å². The van der Waals surface area contributed by atoms with E-state index in [-0.39, 0.29) is 17.2 Å². The molecule has 0 spiro atoms. The number of benzene rings is 2. The van der Waals surface area contributed by atoms with Gasteiger partial charge in [0, 0.05) is 36.3 Å². The molecule has 0 aliphatic carbocycles. The highest BCUT2D eigenvalue weighted by atomic mass is 16.6. The number of carbonyl (C=O) groups excluding carboxylic acids is 2. The van der Waals surface area contributed by atoms with Crippen LogP contribution in [0.25, 0.3) is 0 Å².